The predicted octanol–water partition coefficient (Wildman–Crippen LogP) is 1.95. The molecule has 1 heterocycles. The third-order valence-electron chi connectivity index (χ3n) is 2.49. The number of hydrogen-bond donors (Lipinski definition) is 2. The minimum atomic E-state index is -0.933. The molecule has 0 saturated carbocycles. The number of benzene rings is 1. The molecule has 6 nitrogen and oxygen atoms in total. The first-order chi connectivity index (χ1) is 9.06. The number of hydrogen-bond acceptors (Lipinski definition) is 5. The van der Waals surface area contributed by atoms with Crippen LogP contribution in [0, 0.1) is 0 Å². The van der Waals surface area contributed by atoms with E-state index in [1.54, 1.807) is 31.2 Å². The fourth-order valence-electron chi connectivity index (χ4n) is 1.36. The standard InChI is InChI=1S/C12H12ClN3O3/c1-7(12(17)18)14-6-10-15-16-11(19-10)8-2-4-9(13)5-3-8/h2-5,7,14H,6H2,1H3,(H,17,18)/t7-/m0/s1. The van der Waals surface area contributed by atoms with Crippen molar-refractivity contribution in [2.45, 2.75) is 19.5 Å². The average molecular weight is 282 g/mol. The summed E-state index contributed by atoms with van der Waals surface area (Å²) in [5.74, 6) is -0.230. The van der Waals surface area contributed by atoms with Crippen molar-refractivity contribution in [3.63, 3.8) is 0 Å². The van der Waals surface area contributed by atoms with Crippen molar-refractivity contribution in [2.24, 2.45) is 0 Å². The number of carbonyl (C=O) groups is 1. The Morgan fingerprint density at radius 3 is 2.74 bits per heavy atom. The van der Waals surface area contributed by atoms with Gasteiger partial charge in [0.05, 0.1) is 6.54 Å². The Labute approximate surface area is 114 Å². The number of carboxylic acid groups (broad SMARTS) is 1. The number of halogens is 1. The molecule has 2 rings (SSSR count). The summed E-state index contributed by atoms with van der Waals surface area (Å²) in [7, 11) is 0. The highest BCUT2D eigenvalue weighted by Crippen LogP contribution is 2.20. The molecule has 100 valence electrons. The summed E-state index contributed by atoms with van der Waals surface area (Å²) < 4.78 is 5.42. The number of aromatic nitrogens is 2. The average Bonchev–Trinajstić information content (AvgIpc) is 2.85. The van der Waals surface area contributed by atoms with Crippen LogP contribution in [0.2, 0.25) is 5.02 Å². The van der Waals surface area contributed by atoms with Crippen molar-refractivity contribution in [1.29, 1.82) is 0 Å². The van der Waals surface area contributed by atoms with E-state index >= 15 is 0 Å². The van der Waals surface area contributed by atoms with E-state index < -0.39 is 12.0 Å². The summed E-state index contributed by atoms with van der Waals surface area (Å²) in [6.45, 7) is 1.74. The lowest BCUT2D eigenvalue weighted by Crippen LogP contribution is -2.33. The van der Waals surface area contributed by atoms with Gasteiger partial charge in [0.15, 0.2) is 0 Å². The number of rotatable bonds is 5. The zero-order valence-electron chi connectivity index (χ0n) is 10.1. The molecule has 19 heavy (non-hydrogen) atoms. The minimum absolute atomic E-state index is 0.202. The largest absolute Gasteiger partial charge is 0.480 e. The topological polar surface area (TPSA) is 88.3 Å². The monoisotopic (exact) mass is 281 g/mol. The number of carboxylic acids is 1. The van der Waals surface area contributed by atoms with Gasteiger partial charge in [-0.15, -0.1) is 10.2 Å². The molecule has 2 aromatic rings. The summed E-state index contributed by atoms with van der Waals surface area (Å²) >= 11 is 5.79. The van der Waals surface area contributed by atoms with Crippen LogP contribution in [-0.2, 0) is 11.3 Å². The maximum atomic E-state index is 10.6. The van der Waals surface area contributed by atoms with Gasteiger partial charge in [-0.1, -0.05) is 11.6 Å². The van der Waals surface area contributed by atoms with Gasteiger partial charge in [0.2, 0.25) is 11.8 Å². The molecule has 7 heteroatoms. The maximum absolute atomic E-state index is 10.6. The molecule has 1 aromatic heterocycles. The highest BCUT2D eigenvalue weighted by atomic mass is 35.5. The lowest BCUT2D eigenvalue weighted by atomic mass is 10.2. The first-order valence-electron chi connectivity index (χ1n) is 5.61. The van der Waals surface area contributed by atoms with Gasteiger partial charge in [0.1, 0.15) is 6.04 Å². The molecule has 0 aliphatic carbocycles. The SMILES string of the molecule is C[C@H](NCc1nnc(-c2ccc(Cl)cc2)o1)C(=O)O. The molecule has 0 fully saturated rings. The van der Waals surface area contributed by atoms with Crippen LogP contribution in [0.4, 0.5) is 0 Å². The van der Waals surface area contributed by atoms with Gasteiger partial charge in [0.25, 0.3) is 0 Å². The molecule has 1 atom stereocenters. The van der Waals surface area contributed by atoms with Crippen molar-refractivity contribution >= 4 is 17.6 Å². The maximum Gasteiger partial charge on any atom is 0.320 e. The van der Waals surface area contributed by atoms with Crippen molar-refractivity contribution in [3.8, 4) is 11.5 Å². The lowest BCUT2D eigenvalue weighted by Gasteiger charge is -2.05. The van der Waals surface area contributed by atoms with Crippen LogP contribution < -0.4 is 5.32 Å². The lowest BCUT2D eigenvalue weighted by molar-refractivity contribution is -0.139. The van der Waals surface area contributed by atoms with Gasteiger partial charge in [0, 0.05) is 10.6 Å². The first kappa shape index (κ1) is 13.5. The molecule has 0 spiro atoms. The van der Waals surface area contributed by atoms with Crippen molar-refractivity contribution in [1.82, 2.24) is 15.5 Å². The van der Waals surface area contributed by atoms with E-state index in [2.05, 4.69) is 15.5 Å². The molecule has 0 aliphatic heterocycles. The van der Waals surface area contributed by atoms with Crippen LogP contribution in [0.1, 0.15) is 12.8 Å². The van der Waals surface area contributed by atoms with Crippen LogP contribution >= 0.6 is 11.6 Å². The number of nitrogens with one attached hydrogen (secondary N) is 1. The van der Waals surface area contributed by atoms with Gasteiger partial charge in [-0.05, 0) is 31.2 Å². The smallest absolute Gasteiger partial charge is 0.320 e. The fraction of sp³-hybridized carbons (Fsp3) is 0.250. The van der Waals surface area contributed by atoms with E-state index in [0.717, 1.165) is 5.56 Å². The van der Waals surface area contributed by atoms with Crippen molar-refractivity contribution in [2.75, 3.05) is 0 Å². The molecule has 2 N–H and O–H groups in total. The summed E-state index contributed by atoms with van der Waals surface area (Å²) in [4.78, 5) is 10.6. The molecule has 1 aromatic carbocycles. The number of aliphatic carboxylic acids is 1. The second-order valence-corrected chi connectivity index (χ2v) is 4.39. The Balaban J connectivity index is 2.03. The highest BCUT2D eigenvalue weighted by Gasteiger charge is 2.13. The highest BCUT2D eigenvalue weighted by molar-refractivity contribution is 6.30. The Bertz CT molecular complexity index is 568. The van der Waals surface area contributed by atoms with E-state index in [1.165, 1.54) is 0 Å². The molecule has 0 radical (unpaired) electrons. The van der Waals surface area contributed by atoms with Gasteiger partial charge >= 0.3 is 5.97 Å². The zero-order chi connectivity index (χ0) is 13.8. The Morgan fingerprint density at radius 1 is 1.42 bits per heavy atom. The fourth-order valence-corrected chi connectivity index (χ4v) is 1.49. The summed E-state index contributed by atoms with van der Waals surface area (Å²) in [5.41, 5.74) is 0.759. The quantitative estimate of drug-likeness (QED) is 0.871. The molecule has 0 saturated heterocycles. The van der Waals surface area contributed by atoms with Gasteiger partial charge in [-0.25, -0.2) is 0 Å². The van der Waals surface area contributed by atoms with Crippen LogP contribution in [0.5, 0.6) is 0 Å². The zero-order valence-corrected chi connectivity index (χ0v) is 10.9. The second kappa shape index (κ2) is 5.81. The van der Waals surface area contributed by atoms with Gasteiger partial charge in [-0.3, -0.25) is 10.1 Å². The molecular weight excluding hydrogens is 270 g/mol. The number of nitrogens with zero attached hydrogens (tertiary/aromatic N) is 2. The molecule has 0 bridgehead atoms. The predicted molar refractivity (Wildman–Crippen MR) is 68.7 cm³/mol. The van der Waals surface area contributed by atoms with Gasteiger partial charge < -0.3 is 9.52 Å². The Kier molecular flexibility index (Phi) is 4.13. The van der Waals surface area contributed by atoms with Crippen molar-refractivity contribution < 1.29 is 14.3 Å². The molecule has 0 amide bonds. The Morgan fingerprint density at radius 2 is 2.11 bits per heavy atom. The molecule has 0 unspecified atom stereocenters. The summed E-state index contributed by atoms with van der Waals surface area (Å²) in [6.07, 6.45) is 0. The van der Waals surface area contributed by atoms with Crippen molar-refractivity contribution in [3.05, 3.63) is 35.2 Å². The van der Waals surface area contributed by atoms with Crippen LogP contribution in [-0.4, -0.2) is 27.3 Å². The third-order valence-corrected chi connectivity index (χ3v) is 2.74. The van der Waals surface area contributed by atoms with E-state index in [4.69, 9.17) is 21.1 Å². The van der Waals surface area contributed by atoms with E-state index in [0.29, 0.717) is 16.8 Å². The van der Waals surface area contributed by atoms with E-state index in [1.807, 2.05) is 0 Å². The van der Waals surface area contributed by atoms with Gasteiger partial charge in [-0.2, -0.15) is 0 Å². The summed E-state index contributed by atoms with van der Waals surface area (Å²) in [6, 6.07) is 6.32. The Hall–Kier alpha value is -1.92. The third kappa shape index (κ3) is 3.52. The van der Waals surface area contributed by atoms with Crippen LogP contribution in [0.25, 0.3) is 11.5 Å². The van der Waals surface area contributed by atoms with Crippen LogP contribution in [0.3, 0.4) is 0 Å². The minimum Gasteiger partial charge on any atom is -0.480 e. The molecule has 0 aliphatic rings. The van der Waals surface area contributed by atoms with E-state index in [-0.39, 0.29) is 6.54 Å². The second-order valence-electron chi connectivity index (χ2n) is 3.95. The summed E-state index contributed by atoms with van der Waals surface area (Å²) in [5, 5.41) is 19.8. The molecular formula is C12H12ClN3O3. The first-order valence-corrected chi connectivity index (χ1v) is 5.98. The normalized spacial score (nSPS) is 12.3. The van der Waals surface area contributed by atoms with E-state index in [9.17, 15) is 4.79 Å². The van der Waals surface area contributed by atoms with Crippen LogP contribution in [0.15, 0.2) is 28.7 Å².